The lowest BCUT2D eigenvalue weighted by Gasteiger charge is -2.26. The van der Waals surface area contributed by atoms with Gasteiger partial charge in [0.05, 0.1) is 23.8 Å². The van der Waals surface area contributed by atoms with Gasteiger partial charge in [-0.15, -0.1) is 0 Å². The number of rotatable bonds is 6. The highest BCUT2D eigenvalue weighted by molar-refractivity contribution is 7.89. The topological polar surface area (TPSA) is 87.7 Å². The number of benzene rings is 2. The van der Waals surface area contributed by atoms with Crippen molar-refractivity contribution in [3.8, 4) is 0 Å². The molecule has 142 valence electrons. The molecule has 1 amide bonds. The van der Waals surface area contributed by atoms with Gasteiger partial charge >= 0.3 is 0 Å². The predicted molar refractivity (Wildman–Crippen MR) is 102 cm³/mol. The highest BCUT2D eigenvalue weighted by Gasteiger charge is 2.26. The standard InChI is InChI=1S/C19H21N3O4S/c1-15(16-6-3-2-4-7-16)20-21-19(23)17-8-5-9-18(14-17)27(24,25)22-10-12-26-13-11-22/h2-9,14,20H,1,10-13H2,(H,21,23). The van der Waals surface area contributed by atoms with Gasteiger partial charge in [-0.25, -0.2) is 8.42 Å². The number of hydrazine groups is 1. The summed E-state index contributed by atoms with van der Waals surface area (Å²) in [6, 6.07) is 15.3. The molecule has 1 saturated heterocycles. The summed E-state index contributed by atoms with van der Waals surface area (Å²) in [4.78, 5) is 12.5. The van der Waals surface area contributed by atoms with Crippen LogP contribution in [0.25, 0.3) is 5.70 Å². The Morgan fingerprint density at radius 1 is 0.963 bits per heavy atom. The van der Waals surface area contributed by atoms with Crippen molar-refractivity contribution in [2.24, 2.45) is 0 Å². The zero-order chi connectivity index (χ0) is 19.3. The molecule has 8 heteroatoms. The first-order chi connectivity index (χ1) is 13.0. The molecule has 1 heterocycles. The van der Waals surface area contributed by atoms with Crippen LogP contribution in [0.1, 0.15) is 15.9 Å². The second-order valence-corrected chi connectivity index (χ2v) is 7.91. The van der Waals surface area contributed by atoms with E-state index < -0.39 is 15.9 Å². The first-order valence-corrected chi connectivity index (χ1v) is 9.91. The molecule has 1 fully saturated rings. The molecule has 2 aromatic carbocycles. The van der Waals surface area contributed by atoms with Crippen LogP contribution in [0.5, 0.6) is 0 Å². The Kier molecular flexibility index (Phi) is 5.90. The van der Waals surface area contributed by atoms with Gasteiger partial charge in [-0.3, -0.25) is 15.6 Å². The molecule has 2 aromatic rings. The minimum Gasteiger partial charge on any atom is -0.379 e. The number of amides is 1. The van der Waals surface area contributed by atoms with Gasteiger partial charge in [-0.1, -0.05) is 43.0 Å². The molecule has 0 aliphatic carbocycles. The highest BCUT2D eigenvalue weighted by atomic mass is 32.2. The molecule has 0 atom stereocenters. The average molecular weight is 387 g/mol. The number of sulfonamides is 1. The fourth-order valence-corrected chi connectivity index (χ4v) is 4.10. The second-order valence-electron chi connectivity index (χ2n) is 5.97. The summed E-state index contributed by atoms with van der Waals surface area (Å²) < 4.78 is 32.0. The summed E-state index contributed by atoms with van der Waals surface area (Å²) >= 11 is 0. The van der Waals surface area contributed by atoms with Gasteiger partial charge in [-0.05, 0) is 23.8 Å². The zero-order valence-electron chi connectivity index (χ0n) is 14.7. The van der Waals surface area contributed by atoms with Gasteiger partial charge in [0.25, 0.3) is 5.91 Å². The van der Waals surface area contributed by atoms with E-state index in [0.717, 1.165) is 5.56 Å². The number of carbonyl (C=O) groups excluding carboxylic acids is 1. The molecular formula is C19H21N3O4S. The van der Waals surface area contributed by atoms with Crippen molar-refractivity contribution in [2.45, 2.75) is 4.90 Å². The van der Waals surface area contributed by atoms with Crippen molar-refractivity contribution >= 4 is 21.6 Å². The summed E-state index contributed by atoms with van der Waals surface area (Å²) in [7, 11) is -3.66. The minimum atomic E-state index is -3.66. The lowest BCUT2D eigenvalue weighted by Crippen LogP contribution is -2.40. The highest BCUT2D eigenvalue weighted by Crippen LogP contribution is 2.18. The fourth-order valence-electron chi connectivity index (χ4n) is 2.65. The predicted octanol–water partition coefficient (Wildman–Crippen LogP) is 1.61. The average Bonchev–Trinajstić information content (AvgIpc) is 2.73. The molecule has 7 nitrogen and oxygen atoms in total. The van der Waals surface area contributed by atoms with Crippen LogP contribution in [0, 0.1) is 0 Å². The maximum absolute atomic E-state index is 12.7. The third-order valence-electron chi connectivity index (χ3n) is 4.15. The Labute approximate surface area is 158 Å². The van der Waals surface area contributed by atoms with Gasteiger partial charge in [0.2, 0.25) is 10.0 Å². The number of carbonyl (C=O) groups is 1. The van der Waals surface area contributed by atoms with Crippen LogP contribution in [-0.2, 0) is 14.8 Å². The molecule has 0 aromatic heterocycles. The normalized spacial score (nSPS) is 15.1. The Morgan fingerprint density at radius 3 is 2.33 bits per heavy atom. The molecule has 27 heavy (non-hydrogen) atoms. The molecule has 0 unspecified atom stereocenters. The van der Waals surface area contributed by atoms with Crippen molar-refractivity contribution in [3.05, 3.63) is 72.3 Å². The van der Waals surface area contributed by atoms with E-state index >= 15 is 0 Å². The van der Waals surface area contributed by atoms with Crippen molar-refractivity contribution in [1.82, 2.24) is 15.2 Å². The molecule has 0 saturated carbocycles. The summed E-state index contributed by atoms with van der Waals surface area (Å²) in [5, 5.41) is 0. The largest absolute Gasteiger partial charge is 0.379 e. The molecular weight excluding hydrogens is 366 g/mol. The van der Waals surface area contributed by atoms with Crippen LogP contribution in [0.2, 0.25) is 0 Å². The van der Waals surface area contributed by atoms with Crippen molar-refractivity contribution in [1.29, 1.82) is 0 Å². The summed E-state index contributed by atoms with van der Waals surface area (Å²) in [6.45, 7) is 5.21. The van der Waals surface area contributed by atoms with Gasteiger partial charge in [-0.2, -0.15) is 4.31 Å². The first-order valence-electron chi connectivity index (χ1n) is 8.47. The number of hydrogen-bond donors (Lipinski definition) is 2. The van der Waals surface area contributed by atoms with Gasteiger partial charge < -0.3 is 4.74 Å². The minimum absolute atomic E-state index is 0.0823. The van der Waals surface area contributed by atoms with E-state index in [9.17, 15) is 13.2 Å². The smallest absolute Gasteiger partial charge is 0.269 e. The van der Waals surface area contributed by atoms with E-state index in [1.165, 1.54) is 16.4 Å². The maximum atomic E-state index is 12.7. The molecule has 1 aliphatic rings. The second kappa shape index (κ2) is 8.34. The van der Waals surface area contributed by atoms with Crippen LogP contribution in [0.4, 0.5) is 0 Å². The number of nitrogens with one attached hydrogen (secondary N) is 2. The third-order valence-corrected chi connectivity index (χ3v) is 6.05. The molecule has 0 radical (unpaired) electrons. The third kappa shape index (κ3) is 4.54. The van der Waals surface area contributed by atoms with Crippen molar-refractivity contribution in [2.75, 3.05) is 26.3 Å². The molecule has 0 spiro atoms. The zero-order valence-corrected chi connectivity index (χ0v) is 15.5. The maximum Gasteiger partial charge on any atom is 0.269 e. The Balaban J connectivity index is 1.69. The van der Waals surface area contributed by atoms with Gasteiger partial charge in [0.15, 0.2) is 0 Å². The van der Waals surface area contributed by atoms with E-state index in [-0.39, 0.29) is 10.5 Å². The van der Waals surface area contributed by atoms with Crippen LogP contribution in [0.15, 0.2) is 66.1 Å². The van der Waals surface area contributed by atoms with E-state index in [1.54, 1.807) is 12.1 Å². The lowest BCUT2D eigenvalue weighted by atomic mass is 10.2. The summed E-state index contributed by atoms with van der Waals surface area (Å²) in [5.41, 5.74) is 6.88. The van der Waals surface area contributed by atoms with Crippen LogP contribution in [-0.4, -0.2) is 44.9 Å². The number of morpholine rings is 1. The molecule has 3 rings (SSSR count). The summed E-state index contributed by atoms with van der Waals surface area (Å²) in [5.74, 6) is -0.453. The quantitative estimate of drug-likeness (QED) is 0.736. The van der Waals surface area contributed by atoms with Crippen LogP contribution >= 0.6 is 0 Å². The van der Waals surface area contributed by atoms with E-state index in [2.05, 4.69) is 17.4 Å². The SMILES string of the molecule is C=C(NNC(=O)c1cccc(S(=O)(=O)N2CCOCC2)c1)c1ccccc1. The van der Waals surface area contributed by atoms with Gasteiger partial charge in [0, 0.05) is 18.7 Å². The fraction of sp³-hybridized carbons (Fsp3) is 0.211. The monoisotopic (exact) mass is 387 g/mol. The Hall–Kier alpha value is -2.68. The molecule has 1 aliphatic heterocycles. The number of ether oxygens (including phenoxy) is 1. The van der Waals surface area contributed by atoms with E-state index in [0.29, 0.717) is 32.0 Å². The molecule has 2 N–H and O–H groups in total. The lowest BCUT2D eigenvalue weighted by molar-refractivity contribution is 0.0730. The van der Waals surface area contributed by atoms with E-state index in [1.807, 2.05) is 30.3 Å². The first kappa shape index (κ1) is 19.1. The van der Waals surface area contributed by atoms with Crippen molar-refractivity contribution in [3.63, 3.8) is 0 Å². The Bertz CT molecular complexity index is 923. The van der Waals surface area contributed by atoms with Crippen LogP contribution in [0.3, 0.4) is 0 Å². The van der Waals surface area contributed by atoms with Gasteiger partial charge in [0.1, 0.15) is 0 Å². The number of nitrogens with zero attached hydrogens (tertiary/aromatic N) is 1. The molecule has 0 bridgehead atoms. The Morgan fingerprint density at radius 2 is 1.63 bits per heavy atom. The van der Waals surface area contributed by atoms with Crippen LogP contribution < -0.4 is 10.9 Å². The summed E-state index contributed by atoms with van der Waals surface area (Å²) in [6.07, 6.45) is 0. The number of hydrogen-bond acceptors (Lipinski definition) is 5. The van der Waals surface area contributed by atoms with Crippen molar-refractivity contribution < 1.29 is 17.9 Å². The van der Waals surface area contributed by atoms with E-state index in [4.69, 9.17) is 4.74 Å².